The van der Waals surface area contributed by atoms with E-state index in [0.29, 0.717) is 24.7 Å². The number of hydrogen-bond donors (Lipinski definition) is 1. The van der Waals surface area contributed by atoms with E-state index in [4.69, 9.17) is 11.6 Å². The van der Waals surface area contributed by atoms with Crippen molar-refractivity contribution in [2.24, 2.45) is 0 Å². The van der Waals surface area contributed by atoms with Gasteiger partial charge in [0, 0.05) is 43.8 Å². The number of benzene rings is 1. The fourth-order valence-corrected chi connectivity index (χ4v) is 5.45. The van der Waals surface area contributed by atoms with Gasteiger partial charge < -0.3 is 9.88 Å². The quantitative estimate of drug-likeness (QED) is 0.886. The zero-order valence-electron chi connectivity index (χ0n) is 13.9. The first-order valence-corrected chi connectivity index (χ1v) is 10.4. The van der Waals surface area contributed by atoms with E-state index in [0.717, 1.165) is 37.2 Å². The van der Waals surface area contributed by atoms with Gasteiger partial charge in [-0.05, 0) is 24.5 Å². The molecule has 1 N–H and O–H groups in total. The maximum absolute atomic E-state index is 13.3. The van der Waals surface area contributed by atoms with Crippen LogP contribution in [0.2, 0.25) is 5.02 Å². The topological polar surface area (TPSA) is 67.2 Å². The van der Waals surface area contributed by atoms with Crippen LogP contribution in [-0.2, 0) is 23.0 Å². The summed E-state index contributed by atoms with van der Waals surface area (Å²) in [6.45, 7) is 2.40. The van der Waals surface area contributed by atoms with Crippen LogP contribution in [0.4, 0.5) is 0 Å². The Kier molecular flexibility index (Phi) is 4.58. The first kappa shape index (κ1) is 17.0. The second-order valence-corrected chi connectivity index (χ2v) is 8.75. The van der Waals surface area contributed by atoms with Gasteiger partial charge in [-0.1, -0.05) is 29.8 Å². The first-order valence-electron chi connectivity index (χ1n) is 8.60. The summed E-state index contributed by atoms with van der Waals surface area (Å²) < 4.78 is 30.1. The molecule has 0 radical (unpaired) electrons. The van der Waals surface area contributed by atoms with Crippen LogP contribution in [0.3, 0.4) is 0 Å². The number of aryl methyl sites for hydroxylation is 2. The third kappa shape index (κ3) is 3.10. The molecule has 2 aliphatic heterocycles. The maximum atomic E-state index is 13.3. The summed E-state index contributed by atoms with van der Waals surface area (Å²) in [6, 6.07) is 7.10. The molecule has 1 aromatic heterocycles. The molecule has 0 amide bonds. The Bertz CT molecular complexity index is 857. The molecule has 1 aromatic carbocycles. The van der Waals surface area contributed by atoms with Gasteiger partial charge in [-0.3, -0.25) is 0 Å². The molecule has 2 aliphatic rings. The van der Waals surface area contributed by atoms with Crippen LogP contribution in [0.5, 0.6) is 0 Å². The van der Waals surface area contributed by atoms with Crippen molar-refractivity contribution in [3.8, 4) is 0 Å². The van der Waals surface area contributed by atoms with Crippen LogP contribution in [0.15, 0.2) is 35.5 Å². The Balaban J connectivity index is 1.72. The first-order chi connectivity index (χ1) is 12.1. The van der Waals surface area contributed by atoms with Crippen LogP contribution in [0, 0.1) is 0 Å². The van der Waals surface area contributed by atoms with Gasteiger partial charge >= 0.3 is 0 Å². The van der Waals surface area contributed by atoms with Gasteiger partial charge in [0.2, 0.25) is 0 Å². The number of aromatic nitrogens is 2. The maximum Gasteiger partial charge on any atom is 0.262 e. The van der Waals surface area contributed by atoms with Gasteiger partial charge in [-0.15, -0.1) is 0 Å². The van der Waals surface area contributed by atoms with Gasteiger partial charge in [0.15, 0.2) is 5.03 Å². The summed E-state index contributed by atoms with van der Waals surface area (Å²) in [4.78, 5) is 4.43. The molecule has 25 heavy (non-hydrogen) atoms. The third-order valence-corrected chi connectivity index (χ3v) is 7.04. The van der Waals surface area contributed by atoms with Gasteiger partial charge in [-0.25, -0.2) is 13.4 Å². The third-order valence-electron chi connectivity index (χ3n) is 4.92. The van der Waals surface area contributed by atoms with E-state index in [1.807, 2.05) is 22.8 Å². The Morgan fingerprint density at radius 2 is 2.04 bits per heavy atom. The van der Waals surface area contributed by atoms with E-state index in [2.05, 4.69) is 10.3 Å². The lowest BCUT2D eigenvalue weighted by Crippen LogP contribution is -2.48. The summed E-state index contributed by atoms with van der Waals surface area (Å²) in [5.41, 5.74) is 0.823. The highest BCUT2D eigenvalue weighted by molar-refractivity contribution is 7.89. The highest BCUT2D eigenvalue weighted by atomic mass is 35.5. The molecule has 0 aliphatic carbocycles. The van der Waals surface area contributed by atoms with Gasteiger partial charge in [-0.2, -0.15) is 4.31 Å². The number of piperazine rings is 1. The molecule has 1 unspecified atom stereocenters. The molecule has 134 valence electrons. The zero-order valence-corrected chi connectivity index (χ0v) is 15.4. The van der Waals surface area contributed by atoms with Crippen molar-refractivity contribution < 1.29 is 8.42 Å². The van der Waals surface area contributed by atoms with E-state index >= 15 is 0 Å². The number of hydrogen-bond acceptors (Lipinski definition) is 4. The molecule has 0 saturated carbocycles. The van der Waals surface area contributed by atoms with Gasteiger partial charge in [0.25, 0.3) is 10.0 Å². The highest BCUT2D eigenvalue weighted by Gasteiger charge is 2.37. The van der Waals surface area contributed by atoms with Crippen molar-refractivity contribution in [2.75, 3.05) is 19.6 Å². The highest BCUT2D eigenvalue weighted by Crippen LogP contribution is 2.32. The minimum Gasteiger partial charge on any atom is -0.333 e. The molecule has 6 nitrogen and oxygen atoms in total. The molecule has 0 bridgehead atoms. The van der Waals surface area contributed by atoms with Crippen molar-refractivity contribution in [1.29, 1.82) is 0 Å². The molecule has 3 heterocycles. The molecule has 2 aromatic rings. The van der Waals surface area contributed by atoms with Crippen molar-refractivity contribution in [2.45, 2.75) is 36.9 Å². The summed E-state index contributed by atoms with van der Waals surface area (Å²) in [7, 11) is -3.67. The minimum atomic E-state index is -3.67. The number of rotatable bonds is 3. The minimum absolute atomic E-state index is 0.156. The second kappa shape index (κ2) is 6.72. The summed E-state index contributed by atoms with van der Waals surface area (Å²) in [6.07, 6.45) is 4.66. The molecule has 4 rings (SSSR count). The molecular formula is C17H21ClN4O2S. The Labute approximate surface area is 152 Å². The lowest BCUT2D eigenvalue weighted by Gasteiger charge is -2.35. The van der Waals surface area contributed by atoms with Crippen molar-refractivity contribution in [1.82, 2.24) is 19.2 Å². The van der Waals surface area contributed by atoms with Crippen molar-refractivity contribution in [3.05, 3.63) is 46.9 Å². The zero-order chi connectivity index (χ0) is 17.4. The van der Waals surface area contributed by atoms with E-state index in [-0.39, 0.29) is 11.1 Å². The van der Waals surface area contributed by atoms with Crippen molar-refractivity contribution >= 4 is 21.6 Å². The number of nitrogens with one attached hydrogen (secondary N) is 1. The molecule has 0 spiro atoms. The SMILES string of the molecule is O=S(=O)(c1cn2c(n1)CCCC2)N1CCNCC1c1ccccc1Cl. The van der Waals surface area contributed by atoms with Crippen LogP contribution in [0.25, 0.3) is 0 Å². The Morgan fingerprint density at radius 3 is 2.84 bits per heavy atom. The van der Waals surface area contributed by atoms with Crippen molar-refractivity contribution in [3.63, 3.8) is 0 Å². The van der Waals surface area contributed by atoms with E-state index in [9.17, 15) is 8.42 Å². The largest absolute Gasteiger partial charge is 0.333 e. The van der Waals surface area contributed by atoms with E-state index < -0.39 is 10.0 Å². The lowest BCUT2D eigenvalue weighted by molar-refractivity contribution is 0.271. The molecule has 1 atom stereocenters. The normalized spacial score (nSPS) is 21.9. The molecule has 1 saturated heterocycles. The van der Waals surface area contributed by atoms with Crippen LogP contribution < -0.4 is 5.32 Å². The Morgan fingerprint density at radius 1 is 1.20 bits per heavy atom. The number of nitrogens with zero attached hydrogens (tertiary/aromatic N) is 3. The number of fused-ring (bicyclic) bond motifs is 1. The van der Waals surface area contributed by atoms with E-state index in [1.54, 1.807) is 16.6 Å². The van der Waals surface area contributed by atoms with Gasteiger partial charge in [0.05, 0.1) is 6.04 Å². The molecular weight excluding hydrogens is 360 g/mol. The Hall–Kier alpha value is -1.41. The number of halogens is 1. The summed E-state index contributed by atoms with van der Waals surface area (Å²) in [5.74, 6) is 0.870. The molecule has 1 fully saturated rings. The summed E-state index contributed by atoms with van der Waals surface area (Å²) in [5, 5.41) is 4.01. The lowest BCUT2D eigenvalue weighted by atomic mass is 10.1. The fraction of sp³-hybridized carbons (Fsp3) is 0.471. The standard InChI is InChI=1S/C17H21ClN4O2S/c18-14-6-2-1-5-13(14)15-11-19-8-10-22(15)25(23,24)17-12-21-9-4-3-7-16(21)20-17/h1-2,5-6,12,15,19H,3-4,7-11H2. The average molecular weight is 381 g/mol. The summed E-state index contributed by atoms with van der Waals surface area (Å²) >= 11 is 6.33. The van der Waals surface area contributed by atoms with E-state index in [1.165, 1.54) is 0 Å². The predicted molar refractivity (Wildman–Crippen MR) is 96.1 cm³/mol. The van der Waals surface area contributed by atoms with Crippen LogP contribution in [-0.4, -0.2) is 41.9 Å². The predicted octanol–water partition coefficient (Wildman–Crippen LogP) is 2.21. The fourth-order valence-electron chi connectivity index (χ4n) is 3.61. The van der Waals surface area contributed by atoms with Gasteiger partial charge in [0.1, 0.15) is 5.82 Å². The van der Waals surface area contributed by atoms with Crippen LogP contribution in [0.1, 0.15) is 30.3 Å². The monoisotopic (exact) mass is 380 g/mol. The molecule has 8 heteroatoms. The van der Waals surface area contributed by atoms with Crippen LogP contribution >= 0.6 is 11.6 Å². The second-order valence-electron chi connectivity index (χ2n) is 6.50. The number of sulfonamides is 1. The average Bonchev–Trinajstić information content (AvgIpc) is 3.07. The number of imidazole rings is 1. The smallest absolute Gasteiger partial charge is 0.262 e.